The van der Waals surface area contributed by atoms with E-state index >= 15 is 0 Å². The lowest BCUT2D eigenvalue weighted by molar-refractivity contribution is -0.139. The van der Waals surface area contributed by atoms with Gasteiger partial charge in [0.15, 0.2) is 6.10 Å². The van der Waals surface area contributed by atoms with Crippen LogP contribution in [0, 0.1) is 13.8 Å². The number of hydrogen-bond acceptors (Lipinski definition) is 4. The molecule has 32 heavy (non-hydrogen) atoms. The van der Waals surface area contributed by atoms with Crippen molar-refractivity contribution in [3.8, 4) is 5.75 Å². The van der Waals surface area contributed by atoms with E-state index in [1.807, 2.05) is 67.3 Å². The highest BCUT2D eigenvalue weighted by molar-refractivity contribution is 5.97. The molecule has 0 bridgehead atoms. The zero-order valence-corrected chi connectivity index (χ0v) is 18.8. The number of aryl methyl sites for hydroxylation is 2. The van der Waals surface area contributed by atoms with Gasteiger partial charge in [-0.05, 0) is 57.4 Å². The highest BCUT2D eigenvalue weighted by atomic mass is 16.5. The van der Waals surface area contributed by atoms with Gasteiger partial charge in [0, 0.05) is 24.4 Å². The van der Waals surface area contributed by atoms with Crippen molar-refractivity contribution < 1.29 is 14.3 Å². The van der Waals surface area contributed by atoms with Crippen molar-refractivity contribution in [2.75, 3.05) is 13.1 Å². The van der Waals surface area contributed by atoms with E-state index in [-0.39, 0.29) is 11.8 Å². The molecule has 0 spiro atoms. The molecule has 2 aromatic carbocycles. The number of carbonyl (C=O) groups is 2. The predicted octanol–water partition coefficient (Wildman–Crippen LogP) is 4.12. The summed E-state index contributed by atoms with van der Waals surface area (Å²) in [7, 11) is 0. The Bertz CT molecular complexity index is 1170. The molecular weight excluding hydrogens is 402 g/mol. The Labute approximate surface area is 188 Å². The Hall–Kier alpha value is -3.41. The number of nitrogens with two attached hydrogens (primary N) is 1. The standard InChI is InChI=1S/C26H29N3O3/c1-16-10-11-23(17(2)13-16)32-18(3)26(31)29-12-6-8-20(15-29)24-21(25(27)30)14-19-7-4-5-9-22(19)28-24/h4-5,7,9-11,13-14,18,20H,6,8,12,15H2,1-3H3,(H2,27,30)/t18-,20+/m1/s1. The molecule has 2 atom stereocenters. The fraction of sp³-hybridized carbons (Fsp3) is 0.346. The van der Waals surface area contributed by atoms with Gasteiger partial charge < -0.3 is 15.4 Å². The fourth-order valence-electron chi connectivity index (χ4n) is 4.47. The van der Waals surface area contributed by atoms with Crippen LogP contribution in [-0.4, -0.2) is 40.9 Å². The Morgan fingerprint density at radius 1 is 1.16 bits per heavy atom. The Morgan fingerprint density at radius 2 is 1.94 bits per heavy atom. The SMILES string of the molecule is Cc1ccc(O[C@H](C)C(=O)N2CCC[C@H](c3nc4ccccc4cc3C(N)=O)C2)c(C)c1. The molecule has 0 radical (unpaired) electrons. The number of rotatable bonds is 5. The van der Waals surface area contributed by atoms with E-state index in [9.17, 15) is 9.59 Å². The van der Waals surface area contributed by atoms with Gasteiger partial charge in [0.05, 0.1) is 16.8 Å². The summed E-state index contributed by atoms with van der Waals surface area (Å²) in [6.45, 7) is 6.95. The summed E-state index contributed by atoms with van der Waals surface area (Å²) in [5.41, 5.74) is 9.78. The van der Waals surface area contributed by atoms with Gasteiger partial charge in [-0.3, -0.25) is 14.6 Å². The maximum absolute atomic E-state index is 13.2. The van der Waals surface area contributed by atoms with E-state index in [1.165, 1.54) is 0 Å². The summed E-state index contributed by atoms with van der Waals surface area (Å²) in [5, 5.41) is 0.879. The van der Waals surface area contributed by atoms with Gasteiger partial charge in [0.1, 0.15) is 5.75 Å². The smallest absolute Gasteiger partial charge is 0.263 e. The van der Waals surface area contributed by atoms with Crippen LogP contribution >= 0.6 is 0 Å². The molecule has 1 aromatic heterocycles. The lowest BCUT2D eigenvalue weighted by atomic mass is 9.90. The van der Waals surface area contributed by atoms with Crippen molar-refractivity contribution >= 4 is 22.7 Å². The Balaban J connectivity index is 1.55. The molecule has 1 aliphatic heterocycles. The molecule has 2 heterocycles. The van der Waals surface area contributed by atoms with Crippen molar-refractivity contribution in [3.05, 3.63) is 70.9 Å². The van der Waals surface area contributed by atoms with Crippen LogP contribution in [0.1, 0.15) is 52.9 Å². The van der Waals surface area contributed by atoms with Crippen molar-refractivity contribution in [1.82, 2.24) is 9.88 Å². The largest absolute Gasteiger partial charge is 0.481 e. The van der Waals surface area contributed by atoms with Gasteiger partial charge in [-0.2, -0.15) is 0 Å². The average Bonchev–Trinajstić information content (AvgIpc) is 2.79. The molecule has 6 heteroatoms. The molecule has 0 unspecified atom stereocenters. The van der Waals surface area contributed by atoms with Crippen LogP contribution in [0.2, 0.25) is 0 Å². The van der Waals surface area contributed by atoms with E-state index in [2.05, 4.69) is 0 Å². The van der Waals surface area contributed by atoms with Crippen molar-refractivity contribution in [2.24, 2.45) is 5.73 Å². The predicted molar refractivity (Wildman–Crippen MR) is 125 cm³/mol. The number of fused-ring (bicyclic) bond motifs is 1. The average molecular weight is 432 g/mol. The van der Waals surface area contributed by atoms with Crippen LogP contribution in [0.3, 0.4) is 0 Å². The molecule has 3 aromatic rings. The highest BCUT2D eigenvalue weighted by Crippen LogP contribution is 2.31. The minimum atomic E-state index is -0.602. The van der Waals surface area contributed by atoms with Gasteiger partial charge >= 0.3 is 0 Å². The second-order valence-corrected chi connectivity index (χ2v) is 8.63. The van der Waals surface area contributed by atoms with E-state index in [0.29, 0.717) is 24.3 Å². The summed E-state index contributed by atoms with van der Waals surface area (Å²) in [5.74, 6) is 0.120. The van der Waals surface area contributed by atoms with Gasteiger partial charge in [0.25, 0.3) is 11.8 Å². The zero-order valence-electron chi connectivity index (χ0n) is 18.8. The topological polar surface area (TPSA) is 85.5 Å². The number of nitrogens with zero attached hydrogens (tertiary/aromatic N) is 2. The number of primary amides is 1. The third kappa shape index (κ3) is 4.44. The van der Waals surface area contributed by atoms with E-state index in [0.717, 1.165) is 40.6 Å². The molecule has 2 amide bonds. The normalized spacial score (nSPS) is 17.2. The van der Waals surface area contributed by atoms with E-state index < -0.39 is 12.0 Å². The van der Waals surface area contributed by atoms with Crippen LogP contribution in [0.25, 0.3) is 10.9 Å². The molecule has 0 aliphatic carbocycles. The van der Waals surface area contributed by atoms with Gasteiger partial charge in [-0.15, -0.1) is 0 Å². The number of para-hydroxylation sites is 1. The van der Waals surface area contributed by atoms with Crippen molar-refractivity contribution in [3.63, 3.8) is 0 Å². The van der Waals surface area contributed by atoms with E-state index in [4.69, 9.17) is 15.5 Å². The van der Waals surface area contributed by atoms with Gasteiger partial charge in [-0.1, -0.05) is 35.9 Å². The van der Waals surface area contributed by atoms with Crippen LogP contribution < -0.4 is 10.5 Å². The molecule has 0 saturated carbocycles. The number of likely N-dealkylation sites (tertiary alicyclic amines) is 1. The van der Waals surface area contributed by atoms with Crippen LogP contribution in [0.15, 0.2) is 48.5 Å². The van der Waals surface area contributed by atoms with Crippen LogP contribution in [-0.2, 0) is 4.79 Å². The first-order valence-corrected chi connectivity index (χ1v) is 11.1. The quantitative estimate of drug-likeness (QED) is 0.658. The molecular formula is C26H29N3O3. The number of piperidine rings is 1. The molecule has 4 rings (SSSR count). The molecule has 1 saturated heterocycles. The summed E-state index contributed by atoms with van der Waals surface area (Å²) in [6.07, 6.45) is 1.08. The number of benzene rings is 2. The fourth-order valence-corrected chi connectivity index (χ4v) is 4.47. The molecule has 166 valence electrons. The number of carbonyl (C=O) groups excluding carboxylic acids is 2. The first-order chi connectivity index (χ1) is 15.3. The van der Waals surface area contributed by atoms with Crippen LogP contribution in [0.4, 0.5) is 0 Å². The highest BCUT2D eigenvalue weighted by Gasteiger charge is 2.31. The first-order valence-electron chi connectivity index (χ1n) is 11.1. The number of hydrogen-bond donors (Lipinski definition) is 1. The summed E-state index contributed by atoms with van der Waals surface area (Å²) in [4.78, 5) is 31.9. The molecule has 2 N–H and O–H groups in total. The minimum absolute atomic E-state index is 0.0480. The lowest BCUT2D eigenvalue weighted by Gasteiger charge is -2.34. The van der Waals surface area contributed by atoms with Crippen molar-refractivity contribution in [1.29, 1.82) is 0 Å². The van der Waals surface area contributed by atoms with Crippen LogP contribution in [0.5, 0.6) is 5.75 Å². The summed E-state index contributed by atoms with van der Waals surface area (Å²) in [6, 6.07) is 15.4. The number of pyridine rings is 1. The van der Waals surface area contributed by atoms with E-state index in [1.54, 1.807) is 6.92 Å². The Kier molecular flexibility index (Phi) is 6.12. The molecule has 1 fully saturated rings. The monoisotopic (exact) mass is 431 g/mol. The van der Waals surface area contributed by atoms with Gasteiger partial charge in [0.2, 0.25) is 0 Å². The zero-order chi connectivity index (χ0) is 22.8. The summed E-state index contributed by atoms with van der Waals surface area (Å²) >= 11 is 0. The summed E-state index contributed by atoms with van der Waals surface area (Å²) < 4.78 is 5.99. The second-order valence-electron chi connectivity index (χ2n) is 8.63. The third-order valence-electron chi connectivity index (χ3n) is 6.12. The van der Waals surface area contributed by atoms with Crippen molar-refractivity contribution in [2.45, 2.75) is 45.6 Å². The number of aromatic nitrogens is 1. The number of amides is 2. The van der Waals surface area contributed by atoms with Gasteiger partial charge in [-0.25, -0.2) is 0 Å². The third-order valence-corrected chi connectivity index (χ3v) is 6.12. The maximum Gasteiger partial charge on any atom is 0.263 e. The molecule has 1 aliphatic rings. The maximum atomic E-state index is 13.2. The number of ether oxygens (including phenoxy) is 1. The molecule has 6 nitrogen and oxygen atoms in total. The second kappa shape index (κ2) is 8.99. The lowest BCUT2D eigenvalue weighted by Crippen LogP contribution is -2.45. The Morgan fingerprint density at radius 3 is 2.69 bits per heavy atom. The first kappa shape index (κ1) is 21.8. The minimum Gasteiger partial charge on any atom is -0.481 e.